The maximum absolute atomic E-state index is 12.3. The zero-order valence-corrected chi connectivity index (χ0v) is 15.1. The Morgan fingerprint density at radius 1 is 1.15 bits per heavy atom. The number of nitrogens with one attached hydrogen (secondary N) is 1. The smallest absolute Gasteiger partial charge is 0.335 e. The Balaban J connectivity index is 2.05. The molecule has 0 bridgehead atoms. The summed E-state index contributed by atoms with van der Waals surface area (Å²) in [5.74, 6) is -0.960. The van der Waals surface area contributed by atoms with Crippen LogP contribution in [0.3, 0.4) is 0 Å². The predicted molar refractivity (Wildman–Crippen MR) is 99.2 cm³/mol. The Hall–Kier alpha value is -2.57. The van der Waals surface area contributed by atoms with E-state index < -0.39 is 5.97 Å². The van der Waals surface area contributed by atoms with Crippen LogP contribution in [0.25, 0.3) is 0 Å². The van der Waals surface area contributed by atoms with Gasteiger partial charge < -0.3 is 19.9 Å². The normalized spacial score (nSPS) is 10.4. The summed E-state index contributed by atoms with van der Waals surface area (Å²) in [5, 5.41) is 12.2. The number of carboxylic acids is 1. The highest BCUT2D eigenvalue weighted by atomic mass is 35.5. The van der Waals surface area contributed by atoms with Gasteiger partial charge in [-0.05, 0) is 36.8 Å². The van der Waals surface area contributed by atoms with E-state index in [0.717, 1.165) is 0 Å². The average Bonchev–Trinajstić information content (AvgIpc) is 2.60. The summed E-state index contributed by atoms with van der Waals surface area (Å²) in [7, 11) is 0. The summed E-state index contributed by atoms with van der Waals surface area (Å²) in [5.41, 5.74) is 1.19. The molecule has 0 aliphatic carbocycles. The standard InChI is InChI=1S/C19H20ClNO5/c1-2-25-9-10-26-18-15(20)7-4-8-16(18)21-17(22)12-13-5-3-6-14(11-13)19(23)24/h3-8,11H,2,9-10,12H2,1H3,(H,21,22)(H,23,24). The first kappa shape index (κ1) is 19.8. The van der Waals surface area contributed by atoms with Crippen LogP contribution in [0.1, 0.15) is 22.8 Å². The lowest BCUT2D eigenvalue weighted by Gasteiger charge is -2.14. The third-order valence-electron chi connectivity index (χ3n) is 3.46. The molecular formula is C19H20ClNO5. The van der Waals surface area contributed by atoms with Crippen molar-refractivity contribution in [2.45, 2.75) is 13.3 Å². The van der Waals surface area contributed by atoms with Crippen molar-refractivity contribution in [3.8, 4) is 5.75 Å². The average molecular weight is 378 g/mol. The lowest BCUT2D eigenvalue weighted by Crippen LogP contribution is -2.16. The minimum atomic E-state index is -1.04. The molecule has 7 heteroatoms. The number of carboxylic acid groups (broad SMARTS) is 1. The molecule has 2 aromatic carbocycles. The molecule has 0 aromatic heterocycles. The minimum Gasteiger partial charge on any atom is -0.487 e. The topological polar surface area (TPSA) is 84.9 Å². The summed E-state index contributed by atoms with van der Waals surface area (Å²) in [6.45, 7) is 3.20. The van der Waals surface area contributed by atoms with E-state index in [4.69, 9.17) is 26.2 Å². The van der Waals surface area contributed by atoms with E-state index in [1.54, 1.807) is 30.3 Å². The number of halogens is 1. The number of rotatable bonds is 9. The minimum absolute atomic E-state index is 0.0337. The Bertz CT molecular complexity index is 778. The first-order chi connectivity index (χ1) is 12.5. The fourth-order valence-corrected chi connectivity index (χ4v) is 2.52. The molecule has 2 N–H and O–H groups in total. The number of benzene rings is 2. The van der Waals surface area contributed by atoms with Crippen LogP contribution in [0.4, 0.5) is 5.69 Å². The number of para-hydroxylation sites is 1. The first-order valence-corrected chi connectivity index (χ1v) is 8.50. The highest BCUT2D eigenvalue weighted by Gasteiger charge is 2.13. The monoisotopic (exact) mass is 377 g/mol. The van der Waals surface area contributed by atoms with E-state index in [0.29, 0.717) is 41.8 Å². The van der Waals surface area contributed by atoms with E-state index in [1.165, 1.54) is 12.1 Å². The van der Waals surface area contributed by atoms with Gasteiger partial charge in [-0.2, -0.15) is 0 Å². The van der Waals surface area contributed by atoms with Crippen molar-refractivity contribution >= 4 is 29.2 Å². The fraction of sp³-hybridized carbons (Fsp3) is 0.263. The SMILES string of the molecule is CCOCCOc1c(Cl)cccc1NC(=O)Cc1cccc(C(=O)O)c1. The molecule has 0 spiro atoms. The maximum atomic E-state index is 12.3. The fourth-order valence-electron chi connectivity index (χ4n) is 2.30. The number of ether oxygens (including phenoxy) is 2. The van der Waals surface area contributed by atoms with E-state index in [9.17, 15) is 9.59 Å². The third-order valence-corrected chi connectivity index (χ3v) is 3.76. The molecule has 0 heterocycles. The van der Waals surface area contributed by atoms with Gasteiger partial charge in [0, 0.05) is 6.61 Å². The largest absolute Gasteiger partial charge is 0.487 e. The van der Waals surface area contributed by atoms with Crippen LogP contribution in [0.2, 0.25) is 5.02 Å². The van der Waals surface area contributed by atoms with Gasteiger partial charge in [-0.15, -0.1) is 0 Å². The van der Waals surface area contributed by atoms with Crippen molar-refractivity contribution in [1.82, 2.24) is 0 Å². The molecule has 1 amide bonds. The number of hydrogen-bond donors (Lipinski definition) is 2. The lowest BCUT2D eigenvalue weighted by atomic mass is 10.1. The molecule has 138 valence electrons. The second-order valence-corrected chi connectivity index (χ2v) is 5.80. The van der Waals surface area contributed by atoms with Gasteiger partial charge in [0.05, 0.1) is 29.3 Å². The zero-order valence-electron chi connectivity index (χ0n) is 14.3. The quantitative estimate of drug-likeness (QED) is 0.652. The van der Waals surface area contributed by atoms with Gasteiger partial charge in [-0.3, -0.25) is 4.79 Å². The summed E-state index contributed by atoms with van der Waals surface area (Å²) in [6, 6.07) is 11.3. The maximum Gasteiger partial charge on any atom is 0.335 e. The Morgan fingerprint density at radius 3 is 2.65 bits per heavy atom. The number of carbonyl (C=O) groups excluding carboxylic acids is 1. The molecule has 2 rings (SSSR count). The molecule has 26 heavy (non-hydrogen) atoms. The second kappa shape index (κ2) is 9.79. The molecule has 6 nitrogen and oxygen atoms in total. The zero-order chi connectivity index (χ0) is 18.9. The van der Waals surface area contributed by atoms with Crippen LogP contribution in [-0.4, -0.2) is 36.8 Å². The lowest BCUT2D eigenvalue weighted by molar-refractivity contribution is -0.115. The van der Waals surface area contributed by atoms with E-state index in [1.807, 2.05) is 6.92 Å². The Labute approximate surface area is 156 Å². The Kier molecular flexibility index (Phi) is 7.44. The summed E-state index contributed by atoms with van der Waals surface area (Å²) < 4.78 is 10.8. The molecule has 0 atom stereocenters. The highest BCUT2D eigenvalue weighted by Crippen LogP contribution is 2.33. The molecule has 0 fully saturated rings. The van der Waals surface area contributed by atoms with Crippen molar-refractivity contribution in [3.05, 3.63) is 58.6 Å². The third kappa shape index (κ3) is 5.75. The molecule has 0 radical (unpaired) electrons. The Morgan fingerprint density at radius 2 is 1.92 bits per heavy atom. The summed E-state index contributed by atoms with van der Waals surface area (Å²) >= 11 is 6.16. The molecule has 0 unspecified atom stereocenters. The number of amides is 1. The van der Waals surface area contributed by atoms with Crippen LogP contribution in [-0.2, 0) is 16.0 Å². The van der Waals surface area contributed by atoms with Gasteiger partial charge in [0.15, 0.2) is 5.75 Å². The molecule has 0 aliphatic heterocycles. The molecule has 0 aliphatic rings. The van der Waals surface area contributed by atoms with Crippen LogP contribution < -0.4 is 10.1 Å². The van der Waals surface area contributed by atoms with E-state index in [-0.39, 0.29) is 17.9 Å². The van der Waals surface area contributed by atoms with Crippen LogP contribution in [0.15, 0.2) is 42.5 Å². The van der Waals surface area contributed by atoms with Gasteiger partial charge >= 0.3 is 5.97 Å². The number of anilines is 1. The molecular weight excluding hydrogens is 358 g/mol. The van der Waals surface area contributed by atoms with Crippen LogP contribution in [0.5, 0.6) is 5.75 Å². The van der Waals surface area contributed by atoms with E-state index in [2.05, 4.69) is 5.32 Å². The van der Waals surface area contributed by atoms with Crippen molar-refractivity contribution in [2.75, 3.05) is 25.1 Å². The van der Waals surface area contributed by atoms with Crippen LogP contribution >= 0.6 is 11.6 Å². The number of aromatic carboxylic acids is 1. The van der Waals surface area contributed by atoms with Crippen molar-refractivity contribution in [1.29, 1.82) is 0 Å². The van der Waals surface area contributed by atoms with Crippen molar-refractivity contribution < 1.29 is 24.2 Å². The first-order valence-electron chi connectivity index (χ1n) is 8.12. The predicted octanol–water partition coefficient (Wildman–Crippen LogP) is 3.63. The highest BCUT2D eigenvalue weighted by molar-refractivity contribution is 6.32. The van der Waals surface area contributed by atoms with Crippen molar-refractivity contribution in [3.63, 3.8) is 0 Å². The molecule has 0 saturated carbocycles. The second-order valence-electron chi connectivity index (χ2n) is 5.39. The van der Waals surface area contributed by atoms with Gasteiger partial charge in [-0.1, -0.05) is 29.8 Å². The molecule has 0 saturated heterocycles. The van der Waals surface area contributed by atoms with Gasteiger partial charge in [0.1, 0.15) is 6.61 Å². The van der Waals surface area contributed by atoms with Gasteiger partial charge in [0.2, 0.25) is 5.91 Å². The van der Waals surface area contributed by atoms with Gasteiger partial charge in [-0.25, -0.2) is 4.79 Å². The number of hydrogen-bond acceptors (Lipinski definition) is 4. The van der Waals surface area contributed by atoms with E-state index >= 15 is 0 Å². The summed E-state index contributed by atoms with van der Waals surface area (Å²) in [6.07, 6.45) is 0.0337. The summed E-state index contributed by atoms with van der Waals surface area (Å²) in [4.78, 5) is 23.3. The van der Waals surface area contributed by atoms with Crippen LogP contribution in [0, 0.1) is 0 Å². The number of carbonyl (C=O) groups is 2. The van der Waals surface area contributed by atoms with Gasteiger partial charge in [0.25, 0.3) is 0 Å². The van der Waals surface area contributed by atoms with Crippen molar-refractivity contribution in [2.24, 2.45) is 0 Å². The molecule has 2 aromatic rings.